The van der Waals surface area contributed by atoms with Gasteiger partial charge in [0, 0.05) is 12.6 Å². The topological polar surface area (TPSA) is 55.3 Å². The van der Waals surface area contributed by atoms with Gasteiger partial charge in [-0.15, -0.1) is 0 Å². The third-order valence-corrected chi connectivity index (χ3v) is 1.65. The standard InChI is InChI=1S/C7H13N3O/c1-10(2)7(5-8)6-3-4-11-9-6/h3-4,7H,5,8H2,1-2H3. The van der Waals surface area contributed by atoms with Crippen LogP contribution in [-0.4, -0.2) is 30.7 Å². The fourth-order valence-electron chi connectivity index (χ4n) is 0.990. The maximum absolute atomic E-state index is 5.54. The first-order chi connectivity index (χ1) is 5.25. The first-order valence-corrected chi connectivity index (χ1v) is 3.52. The van der Waals surface area contributed by atoms with Crippen molar-refractivity contribution < 1.29 is 4.52 Å². The molecule has 1 unspecified atom stereocenters. The normalized spacial score (nSPS) is 13.8. The van der Waals surface area contributed by atoms with Crippen molar-refractivity contribution >= 4 is 0 Å². The lowest BCUT2D eigenvalue weighted by atomic mass is 10.2. The van der Waals surface area contributed by atoms with E-state index in [1.807, 2.05) is 25.1 Å². The molecular formula is C7H13N3O. The molecule has 1 aromatic rings. The lowest BCUT2D eigenvalue weighted by molar-refractivity contribution is 0.286. The van der Waals surface area contributed by atoms with Crippen LogP contribution in [0.2, 0.25) is 0 Å². The quantitative estimate of drug-likeness (QED) is 0.679. The zero-order valence-electron chi connectivity index (χ0n) is 6.82. The zero-order valence-corrected chi connectivity index (χ0v) is 6.82. The monoisotopic (exact) mass is 155 g/mol. The van der Waals surface area contributed by atoms with Crippen LogP contribution in [0.15, 0.2) is 16.9 Å². The summed E-state index contributed by atoms with van der Waals surface area (Å²) in [6.45, 7) is 0.555. The van der Waals surface area contributed by atoms with Gasteiger partial charge in [-0.1, -0.05) is 5.16 Å². The zero-order chi connectivity index (χ0) is 8.27. The second kappa shape index (κ2) is 3.50. The molecule has 0 aliphatic rings. The van der Waals surface area contributed by atoms with Crippen LogP contribution in [0.4, 0.5) is 0 Å². The molecule has 0 amide bonds. The van der Waals surface area contributed by atoms with E-state index in [0.29, 0.717) is 6.54 Å². The first kappa shape index (κ1) is 8.23. The second-order valence-electron chi connectivity index (χ2n) is 2.64. The predicted molar refractivity (Wildman–Crippen MR) is 42.0 cm³/mol. The molecule has 0 radical (unpaired) electrons. The van der Waals surface area contributed by atoms with Gasteiger partial charge in [0.2, 0.25) is 0 Å². The fourth-order valence-corrected chi connectivity index (χ4v) is 0.990. The molecule has 1 aromatic heterocycles. The molecule has 0 saturated heterocycles. The van der Waals surface area contributed by atoms with Crippen LogP contribution in [0.1, 0.15) is 11.7 Å². The van der Waals surface area contributed by atoms with Crippen LogP contribution >= 0.6 is 0 Å². The Labute approximate surface area is 66.0 Å². The third kappa shape index (κ3) is 1.78. The van der Waals surface area contributed by atoms with Gasteiger partial charge in [0.05, 0.1) is 6.04 Å². The summed E-state index contributed by atoms with van der Waals surface area (Å²) in [7, 11) is 3.93. The highest BCUT2D eigenvalue weighted by Gasteiger charge is 2.13. The van der Waals surface area contributed by atoms with Crippen molar-refractivity contribution in [2.75, 3.05) is 20.6 Å². The second-order valence-corrected chi connectivity index (χ2v) is 2.64. The Hall–Kier alpha value is -0.870. The molecule has 0 bridgehead atoms. The van der Waals surface area contributed by atoms with E-state index in [4.69, 9.17) is 10.3 Å². The number of likely N-dealkylation sites (N-methyl/N-ethyl adjacent to an activating group) is 1. The molecular weight excluding hydrogens is 142 g/mol. The van der Waals surface area contributed by atoms with Crippen LogP contribution < -0.4 is 5.73 Å². The van der Waals surface area contributed by atoms with E-state index in [-0.39, 0.29) is 6.04 Å². The lowest BCUT2D eigenvalue weighted by Gasteiger charge is -2.19. The van der Waals surface area contributed by atoms with Gasteiger partial charge < -0.3 is 10.3 Å². The summed E-state index contributed by atoms with van der Waals surface area (Å²) >= 11 is 0. The molecule has 4 heteroatoms. The maximum Gasteiger partial charge on any atom is 0.124 e. The van der Waals surface area contributed by atoms with E-state index in [0.717, 1.165) is 5.69 Å². The van der Waals surface area contributed by atoms with Gasteiger partial charge in [-0.25, -0.2) is 0 Å². The number of hydrogen-bond acceptors (Lipinski definition) is 4. The van der Waals surface area contributed by atoms with E-state index in [1.165, 1.54) is 0 Å². The summed E-state index contributed by atoms with van der Waals surface area (Å²) in [4.78, 5) is 2.01. The van der Waals surface area contributed by atoms with Crippen molar-refractivity contribution in [3.8, 4) is 0 Å². The Morgan fingerprint density at radius 2 is 2.45 bits per heavy atom. The minimum absolute atomic E-state index is 0.161. The van der Waals surface area contributed by atoms with Gasteiger partial charge in [0.25, 0.3) is 0 Å². The summed E-state index contributed by atoms with van der Waals surface area (Å²) in [6, 6.07) is 1.99. The van der Waals surface area contributed by atoms with Crippen molar-refractivity contribution in [1.29, 1.82) is 0 Å². The van der Waals surface area contributed by atoms with Gasteiger partial charge in [0.1, 0.15) is 12.0 Å². The summed E-state index contributed by atoms with van der Waals surface area (Å²) in [6.07, 6.45) is 1.56. The van der Waals surface area contributed by atoms with Gasteiger partial charge >= 0.3 is 0 Å². The van der Waals surface area contributed by atoms with Gasteiger partial charge in [-0.05, 0) is 14.1 Å². The van der Waals surface area contributed by atoms with E-state index < -0.39 is 0 Å². The largest absolute Gasteiger partial charge is 0.364 e. The third-order valence-electron chi connectivity index (χ3n) is 1.65. The van der Waals surface area contributed by atoms with Crippen molar-refractivity contribution in [2.45, 2.75) is 6.04 Å². The minimum atomic E-state index is 0.161. The van der Waals surface area contributed by atoms with Crippen molar-refractivity contribution in [3.63, 3.8) is 0 Å². The smallest absolute Gasteiger partial charge is 0.124 e. The molecule has 0 saturated carbocycles. The summed E-state index contributed by atoms with van der Waals surface area (Å²) < 4.78 is 4.72. The number of aromatic nitrogens is 1. The molecule has 1 rings (SSSR count). The van der Waals surface area contributed by atoms with Gasteiger partial charge in [-0.3, -0.25) is 4.90 Å². The molecule has 1 atom stereocenters. The molecule has 1 heterocycles. The predicted octanol–water partition coefficient (Wildman–Crippen LogP) is 0.236. The molecule has 0 aromatic carbocycles. The van der Waals surface area contributed by atoms with Crippen molar-refractivity contribution in [3.05, 3.63) is 18.0 Å². The van der Waals surface area contributed by atoms with Crippen molar-refractivity contribution in [2.24, 2.45) is 5.73 Å². The fraction of sp³-hybridized carbons (Fsp3) is 0.571. The lowest BCUT2D eigenvalue weighted by Crippen LogP contribution is -2.27. The average Bonchev–Trinajstić information content (AvgIpc) is 2.40. The summed E-state index contributed by atoms with van der Waals surface area (Å²) in [5.74, 6) is 0. The molecule has 0 fully saturated rings. The molecule has 0 aliphatic heterocycles. The molecule has 11 heavy (non-hydrogen) atoms. The molecule has 4 nitrogen and oxygen atoms in total. The van der Waals surface area contributed by atoms with Gasteiger partial charge in [0.15, 0.2) is 0 Å². The first-order valence-electron chi connectivity index (χ1n) is 3.52. The average molecular weight is 155 g/mol. The Bertz CT molecular complexity index is 195. The van der Waals surface area contributed by atoms with Crippen LogP contribution in [0.5, 0.6) is 0 Å². The van der Waals surface area contributed by atoms with Crippen LogP contribution in [0, 0.1) is 0 Å². The Kier molecular flexibility index (Phi) is 2.62. The van der Waals surface area contributed by atoms with Crippen molar-refractivity contribution in [1.82, 2.24) is 10.1 Å². The summed E-state index contributed by atoms with van der Waals surface area (Å²) in [5.41, 5.74) is 6.43. The Morgan fingerprint density at radius 3 is 2.82 bits per heavy atom. The maximum atomic E-state index is 5.54. The van der Waals surface area contributed by atoms with Crippen LogP contribution in [0.3, 0.4) is 0 Å². The minimum Gasteiger partial charge on any atom is -0.364 e. The molecule has 2 N–H and O–H groups in total. The molecule has 62 valence electrons. The summed E-state index contributed by atoms with van der Waals surface area (Å²) in [5, 5.41) is 3.81. The van der Waals surface area contributed by atoms with E-state index >= 15 is 0 Å². The van der Waals surface area contributed by atoms with Crippen LogP contribution in [-0.2, 0) is 0 Å². The van der Waals surface area contributed by atoms with Crippen LogP contribution in [0.25, 0.3) is 0 Å². The van der Waals surface area contributed by atoms with E-state index in [2.05, 4.69) is 5.16 Å². The number of rotatable bonds is 3. The SMILES string of the molecule is CN(C)C(CN)c1ccon1. The molecule has 0 spiro atoms. The Morgan fingerprint density at radius 1 is 1.73 bits per heavy atom. The molecule has 0 aliphatic carbocycles. The number of nitrogens with zero attached hydrogens (tertiary/aromatic N) is 2. The van der Waals surface area contributed by atoms with E-state index in [1.54, 1.807) is 6.26 Å². The number of nitrogens with two attached hydrogens (primary N) is 1. The number of hydrogen-bond donors (Lipinski definition) is 1. The van der Waals surface area contributed by atoms with Gasteiger partial charge in [-0.2, -0.15) is 0 Å². The highest BCUT2D eigenvalue weighted by Crippen LogP contribution is 2.13. The van der Waals surface area contributed by atoms with E-state index in [9.17, 15) is 0 Å². The highest BCUT2D eigenvalue weighted by atomic mass is 16.5. The Balaban J connectivity index is 2.71. The highest BCUT2D eigenvalue weighted by molar-refractivity contribution is 5.03.